The quantitative estimate of drug-likeness (QED) is 0.341. The first kappa shape index (κ1) is 23.4. The van der Waals surface area contributed by atoms with Gasteiger partial charge in [-0.05, 0) is 30.7 Å². The molecule has 2 aromatic heterocycles. The third-order valence-electron chi connectivity index (χ3n) is 5.46. The van der Waals surface area contributed by atoms with Crippen molar-refractivity contribution in [1.82, 2.24) is 14.8 Å². The van der Waals surface area contributed by atoms with Crippen molar-refractivity contribution in [2.75, 3.05) is 19.5 Å². The second-order valence-electron chi connectivity index (χ2n) is 7.69. The van der Waals surface area contributed by atoms with Crippen molar-refractivity contribution in [3.05, 3.63) is 63.9 Å². The summed E-state index contributed by atoms with van der Waals surface area (Å²) in [5.74, 6) is 0.908. The molecule has 0 bridgehead atoms. The first-order valence-corrected chi connectivity index (χ1v) is 11.9. The van der Waals surface area contributed by atoms with E-state index in [4.69, 9.17) is 9.47 Å². The predicted octanol–water partition coefficient (Wildman–Crippen LogP) is 4.98. The highest BCUT2D eigenvalue weighted by atomic mass is 32.1. The molecule has 0 aliphatic carbocycles. The smallest absolute Gasteiger partial charge is 0.278 e. The molecule has 0 aliphatic rings. The monoisotopic (exact) mass is 478 g/mol. The highest BCUT2D eigenvalue weighted by Gasteiger charge is 2.19. The van der Waals surface area contributed by atoms with Gasteiger partial charge in [0.05, 0.1) is 25.3 Å². The molecule has 0 saturated heterocycles. The Bertz CT molecular complexity index is 1380. The van der Waals surface area contributed by atoms with E-state index >= 15 is 0 Å². The molecular weight excluding hydrogens is 452 g/mol. The molecule has 176 valence electrons. The third-order valence-corrected chi connectivity index (χ3v) is 6.22. The summed E-state index contributed by atoms with van der Waals surface area (Å²) in [7, 11) is 3.18. The van der Waals surface area contributed by atoms with Crippen LogP contribution in [0.25, 0.3) is 22.0 Å². The topological polar surface area (TPSA) is 95.3 Å². The number of thiazole rings is 1. The Morgan fingerprint density at radius 1 is 1.09 bits per heavy atom. The molecule has 2 heterocycles. The number of hydrogen-bond acceptors (Lipinski definition) is 7. The van der Waals surface area contributed by atoms with Gasteiger partial charge in [-0.3, -0.25) is 14.9 Å². The second-order valence-corrected chi connectivity index (χ2v) is 8.55. The Morgan fingerprint density at radius 2 is 1.88 bits per heavy atom. The zero-order chi connectivity index (χ0) is 24.1. The first-order chi connectivity index (χ1) is 16.5. The van der Waals surface area contributed by atoms with Gasteiger partial charge in [0.2, 0.25) is 0 Å². The zero-order valence-corrected chi connectivity index (χ0v) is 20.1. The number of fused-ring (bicyclic) bond motifs is 1. The van der Waals surface area contributed by atoms with Gasteiger partial charge >= 0.3 is 0 Å². The normalized spacial score (nSPS) is 10.9. The molecule has 4 rings (SSSR count). The van der Waals surface area contributed by atoms with Crippen molar-refractivity contribution in [1.29, 1.82) is 0 Å². The van der Waals surface area contributed by atoms with Crippen LogP contribution in [0.3, 0.4) is 0 Å². The molecule has 0 spiro atoms. The molecule has 8 nitrogen and oxygen atoms in total. The molecule has 0 aliphatic heterocycles. The lowest BCUT2D eigenvalue weighted by atomic mass is 10.1. The van der Waals surface area contributed by atoms with Crippen molar-refractivity contribution in [2.24, 2.45) is 0 Å². The van der Waals surface area contributed by atoms with E-state index in [0.29, 0.717) is 39.6 Å². The third kappa shape index (κ3) is 4.79. The summed E-state index contributed by atoms with van der Waals surface area (Å²) >= 11 is 1.29. The van der Waals surface area contributed by atoms with Gasteiger partial charge in [0, 0.05) is 22.9 Å². The lowest BCUT2D eigenvalue weighted by Gasteiger charge is -2.10. The molecule has 1 N–H and O–H groups in total. The highest BCUT2D eigenvalue weighted by Crippen LogP contribution is 2.35. The minimum Gasteiger partial charge on any atom is -0.497 e. The average Bonchev–Trinajstić information content (AvgIpc) is 3.33. The van der Waals surface area contributed by atoms with Crippen molar-refractivity contribution in [3.63, 3.8) is 0 Å². The number of nitrogens with zero attached hydrogens (tertiary/aromatic N) is 3. The number of amides is 1. The fourth-order valence-electron chi connectivity index (χ4n) is 3.69. The van der Waals surface area contributed by atoms with Crippen molar-refractivity contribution in [2.45, 2.75) is 32.7 Å². The predicted molar refractivity (Wildman–Crippen MR) is 134 cm³/mol. The van der Waals surface area contributed by atoms with Gasteiger partial charge in [-0.25, -0.2) is 9.67 Å². The largest absolute Gasteiger partial charge is 0.497 e. The maximum Gasteiger partial charge on any atom is 0.278 e. The van der Waals surface area contributed by atoms with Crippen LogP contribution in [0.5, 0.6) is 11.5 Å². The van der Waals surface area contributed by atoms with Gasteiger partial charge in [0.1, 0.15) is 11.5 Å². The molecule has 0 saturated carbocycles. The SMILES string of the molecule is CCCCCn1nc(C(=O)Nc2nc(-c3cc(OC)ccc3OC)cs2)c2ccccc2c1=O. The number of nitrogens with one attached hydrogen (secondary N) is 1. The number of aryl methyl sites for hydroxylation is 1. The lowest BCUT2D eigenvalue weighted by Crippen LogP contribution is -2.27. The molecule has 0 atom stereocenters. The summed E-state index contributed by atoms with van der Waals surface area (Å²) in [5.41, 5.74) is 1.41. The van der Waals surface area contributed by atoms with E-state index in [1.165, 1.54) is 16.0 Å². The molecular formula is C25H26N4O4S. The maximum atomic E-state index is 13.2. The second kappa shape index (κ2) is 10.5. The van der Waals surface area contributed by atoms with E-state index in [2.05, 4.69) is 22.3 Å². The molecule has 9 heteroatoms. The first-order valence-electron chi connectivity index (χ1n) is 11.0. The van der Waals surface area contributed by atoms with E-state index in [-0.39, 0.29) is 11.3 Å². The van der Waals surface area contributed by atoms with Gasteiger partial charge in [-0.2, -0.15) is 5.10 Å². The Hall–Kier alpha value is -3.72. The number of aromatic nitrogens is 3. The summed E-state index contributed by atoms with van der Waals surface area (Å²) in [4.78, 5) is 30.7. The number of benzene rings is 2. The van der Waals surface area contributed by atoms with Crippen molar-refractivity contribution < 1.29 is 14.3 Å². The minimum atomic E-state index is -0.418. The van der Waals surface area contributed by atoms with Gasteiger partial charge in [0.15, 0.2) is 10.8 Å². The lowest BCUT2D eigenvalue weighted by molar-refractivity contribution is 0.102. The van der Waals surface area contributed by atoms with Gasteiger partial charge < -0.3 is 9.47 Å². The number of anilines is 1. The maximum absolute atomic E-state index is 13.2. The number of methoxy groups -OCH3 is 2. The molecule has 0 unspecified atom stereocenters. The van der Waals surface area contributed by atoms with Crippen LogP contribution in [-0.4, -0.2) is 34.9 Å². The Balaban J connectivity index is 1.65. The van der Waals surface area contributed by atoms with Crippen LogP contribution in [0.2, 0.25) is 0 Å². The van der Waals surface area contributed by atoms with Gasteiger partial charge in [-0.1, -0.05) is 38.0 Å². The Morgan fingerprint density at radius 3 is 2.62 bits per heavy atom. The van der Waals surface area contributed by atoms with E-state index in [0.717, 1.165) is 24.8 Å². The van der Waals surface area contributed by atoms with E-state index in [9.17, 15) is 9.59 Å². The Kier molecular flexibility index (Phi) is 7.22. The fraction of sp³-hybridized carbons (Fsp3) is 0.280. The molecule has 4 aromatic rings. The highest BCUT2D eigenvalue weighted by molar-refractivity contribution is 7.14. The number of carbonyl (C=O) groups is 1. The van der Waals surface area contributed by atoms with E-state index in [1.807, 2.05) is 23.6 Å². The number of ether oxygens (including phenoxy) is 2. The fourth-order valence-corrected chi connectivity index (χ4v) is 4.40. The minimum absolute atomic E-state index is 0.190. The van der Waals surface area contributed by atoms with Gasteiger partial charge in [0.25, 0.3) is 11.5 Å². The summed E-state index contributed by atoms with van der Waals surface area (Å²) in [6.45, 7) is 2.56. The van der Waals surface area contributed by atoms with E-state index < -0.39 is 5.91 Å². The molecule has 34 heavy (non-hydrogen) atoms. The van der Waals surface area contributed by atoms with Crippen LogP contribution in [0, 0.1) is 0 Å². The summed E-state index contributed by atoms with van der Waals surface area (Å²) in [6, 6.07) is 12.5. The molecule has 2 aromatic carbocycles. The van der Waals surface area contributed by atoms with Crippen molar-refractivity contribution >= 4 is 33.1 Å². The average molecular weight is 479 g/mol. The number of unbranched alkanes of at least 4 members (excludes halogenated alkanes) is 2. The summed E-state index contributed by atoms with van der Waals surface area (Å²) in [5, 5.41) is 10.5. The molecule has 0 radical (unpaired) electrons. The zero-order valence-electron chi connectivity index (χ0n) is 19.3. The van der Waals surface area contributed by atoms with Crippen molar-refractivity contribution in [3.8, 4) is 22.8 Å². The number of hydrogen-bond donors (Lipinski definition) is 1. The van der Waals surface area contributed by atoms with Crippen LogP contribution in [-0.2, 0) is 6.54 Å². The molecule has 0 fully saturated rings. The van der Waals surface area contributed by atoms with Crippen LogP contribution >= 0.6 is 11.3 Å². The van der Waals surface area contributed by atoms with E-state index in [1.54, 1.807) is 38.5 Å². The summed E-state index contributed by atoms with van der Waals surface area (Å²) < 4.78 is 12.2. The Labute approximate surface area is 201 Å². The van der Waals surface area contributed by atoms with Crippen LogP contribution in [0.15, 0.2) is 52.6 Å². The van der Waals surface area contributed by atoms with Crippen LogP contribution in [0.4, 0.5) is 5.13 Å². The van der Waals surface area contributed by atoms with Crippen LogP contribution in [0.1, 0.15) is 36.7 Å². The van der Waals surface area contributed by atoms with Gasteiger partial charge in [-0.15, -0.1) is 11.3 Å². The molecule has 1 amide bonds. The number of carbonyl (C=O) groups excluding carboxylic acids is 1. The number of rotatable bonds is 9. The summed E-state index contributed by atoms with van der Waals surface area (Å²) in [6.07, 6.45) is 2.83. The standard InChI is InChI=1S/C25H26N4O4S/c1-4-5-8-13-29-24(31)18-10-7-6-9-17(18)22(28-29)23(30)27-25-26-20(15-34-25)19-14-16(32-2)11-12-21(19)33-3/h6-7,9-12,14-15H,4-5,8,13H2,1-3H3,(H,26,27,30). The van der Waals surface area contributed by atoms with Crippen LogP contribution < -0.4 is 20.3 Å².